The molecular weight excluding hydrogens is 394 g/mol. The van der Waals surface area contributed by atoms with Gasteiger partial charge in [0.2, 0.25) is 5.55 Å². The van der Waals surface area contributed by atoms with Gasteiger partial charge in [-0.25, -0.2) is 10.4 Å². The van der Waals surface area contributed by atoms with Crippen molar-refractivity contribution in [3.63, 3.8) is 0 Å². The van der Waals surface area contributed by atoms with Gasteiger partial charge in [0.1, 0.15) is 5.82 Å². The summed E-state index contributed by atoms with van der Waals surface area (Å²) in [6.07, 6.45) is 3.08. The van der Waals surface area contributed by atoms with Gasteiger partial charge in [-0.1, -0.05) is 24.3 Å². The maximum absolute atomic E-state index is 12.5. The number of fused-ring (bicyclic) bond motifs is 2. The molecule has 2 aromatic carbocycles. The summed E-state index contributed by atoms with van der Waals surface area (Å²) in [5.41, 5.74) is 5.99. The van der Waals surface area contributed by atoms with Crippen molar-refractivity contribution < 1.29 is 13.9 Å². The third-order valence-corrected chi connectivity index (χ3v) is 4.80. The van der Waals surface area contributed by atoms with Crippen molar-refractivity contribution in [2.24, 2.45) is 5.10 Å². The highest BCUT2D eigenvalue weighted by Gasteiger charge is 2.14. The number of hydrogen-bond donors (Lipinski definition) is 2. The zero-order valence-corrected chi connectivity index (χ0v) is 16.5. The summed E-state index contributed by atoms with van der Waals surface area (Å²) in [7, 11) is 1.57. The van der Waals surface area contributed by atoms with Crippen LogP contribution in [-0.4, -0.2) is 28.0 Å². The van der Waals surface area contributed by atoms with Gasteiger partial charge in [0, 0.05) is 23.3 Å². The number of rotatable bonds is 4. The summed E-state index contributed by atoms with van der Waals surface area (Å²) in [6, 6.07) is 18.4. The Labute approximate surface area is 176 Å². The monoisotopic (exact) mass is 411 g/mol. The number of aromatic amines is 1. The highest BCUT2D eigenvalue weighted by molar-refractivity contribution is 5.93. The lowest BCUT2D eigenvalue weighted by Gasteiger charge is -2.07. The van der Waals surface area contributed by atoms with Crippen molar-refractivity contribution >= 4 is 27.9 Å². The van der Waals surface area contributed by atoms with E-state index in [1.165, 1.54) is 0 Å². The van der Waals surface area contributed by atoms with Gasteiger partial charge in [0.15, 0.2) is 11.3 Å². The van der Waals surface area contributed by atoms with Gasteiger partial charge in [-0.2, -0.15) is 0 Å². The summed E-state index contributed by atoms with van der Waals surface area (Å²) >= 11 is 0. The molecule has 0 saturated carbocycles. The molecule has 5 aromatic rings. The molecule has 152 valence electrons. The number of benzene rings is 2. The molecule has 0 fully saturated rings. The molecule has 0 saturated heterocycles. The smallest absolute Gasteiger partial charge is 0.271 e. The zero-order valence-electron chi connectivity index (χ0n) is 16.5. The minimum Gasteiger partial charge on any atom is -0.493 e. The fourth-order valence-corrected chi connectivity index (χ4v) is 3.29. The van der Waals surface area contributed by atoms with E-state index < -0.39 is 0 Å². The number of nitrogens with zero attached hydrogens (tertiary/aromatic N) is 3. The molecule has 0 aliphatic heterocycles. The van der Waals surface area contributed by atoms with Gasteiger partial charge >= 0.3 is 0 Å². The number of carbonyl (C=O) groups is 1. The first kappa shape index (κ1) is 18.6. The molecule has 8 nitrogen and oxygen atoms in total. The predicted octanol–water partition coefficient (Wildman–Crippen LogP) is 3.63. The Balaban J connectivity index is 1.68. The summed E-state index contributed by atoms with van der Waals surface area (Å²) < 4.78 is 11.5. The van der Waals surface area contributed by atoms with Crippen LogP contribution in [0.1, 0.15) is 10.4 Å². The maximum atomic E-state index is 12.5. The molecule has 3 heterocycles. The van der Waals surface area contributed by atoms with E-state index in [4.69, 9.17) is 9.15 Å². The Bertz CT molecular complexity index is 1440. The molecule has 3 aromatic heterocycles. The van der Waals surface area contributed by atoms with Crippen LogP contribution in [0.15, 0.2) is 82.6 Å². The van der Waals surface area contributed by atoms with E-state index in [2.05, 4.69) is 25.5 Å². The molecule has 0 spiro atoms. The van der Waals surface area contributed by atoms with Gasteiger partial charge < -0.3 is 14.1 Å². The van der Waals surface area contributed by atoms with Crippen LogP contribution in [0.5, 0.6) is 5.75 Å². The fraction of sp³-hybridized carbons (Fsp3) is 0.0435. The largest absolute Gasteiger partial charge is 0.493 e. The van der Waals surface area contributed by atoms with Crippen LogP contribution in [0, 0.1) is 0 Å². The summed E-state index contributed by atoms with van der Waals surface area (Å²) in [6.45, 7) is 0. The number of ether oxygens (including phenoxy) is 1. The summed E-state index contributed by atoms with van der Waals surface area (Å²) in [5.74, 6) is 0.755. The third-order valence-electron chi connectivity index (χ3n) is 4.80. The van der Waals surface area contributed by atoms with Crippen LogP contribution >= 0.6 is 0 Å². The Hall–Kier alpha value is -4.46. The number of pyridine rings is 1. The average Bonchev–Trinajstić information content (AvgIpc) is 3.26. The second-order valence-corrected chi connectivity index (χ2v) is 6.74. The topological polar surface area (TPSA) is 105 Å². The Kier molecular flexibility index (Phi) is 4.64. The van der Waals surface area contributed by atoms with E-state index >= 15 is 0 Å². The van der Waals surface area contributed by atoms with Gasteiger partial charge in [0.05, 0.1) is 23.7 Å². The Morgan fingerprint density at radius 3 is 2.74 bits per heavy atom. The number of hydrogen-bond acceptors (Lipinski definition) is 6. The van der Waals surface area contributed by atoms with E-state index in [1.54, 1.807) is 37.7 Å². The molecule has 31 heavy (non-hydrogen) atoms. The highest BCUT2D eigenvalue weighted by Crippen LogP contribution is 2.27. The van der Waals surface area contributed by atoms with Crippen LogP contribution in [0.4, 0.5) is 0 Å². The molecular formula is C23H17N5O3. The quantitative estimate of drug-likeness (QED) is 0.440. The molecule has 0 unspecified atom stereocenters. The van der Waals surface area contributed by atoms with E-state index in [-0.39, 0.29) is 11.5 Å². The first-order valence-corrected chi connectivity index (χ1v) is 9.53. The summed E-state index contributed by atoms with van der Waals surface area (Å²) in [4.78, 5) is 24.3. The van der Waals surface area contributed by atoms with Crippen LogP contribution in [0.3, 0.4) is 0 Å². The number of carbonyl (C=O) groups excluding carboxylic acids is 1. The van der Waals surface area contributed by atoms with Gasteiger partial charge in [-0.15, -0.1) is 5.10 Å². The van der Waals surface area contributed by atoms with Crippen molar-refractivity contribution in [3.8, 4) is 17.1 Å². The normalized spacial score (nSPS) is 11.7. The molecule has 0 radical (unpaired) electrons. The molecule has 5 rings (SSSR count). The molecule has 2 N–H and O–H groups in total. The number of methoxy groups -OCH3 is 1. The van der Waals surface area contributed by atoms with Crippen LogP contribution in [0.25, 0.3) is 33.4 Å². The lowest BCUT2D eigenvalue weighted by atomic mass is 10.1. The fourth-order valence-electron chi connectivity index (χ4n) is 3.29. The van der Waals surface area contributed by atoms with E-state index in [1.807, 2.05) is 42.5 Å². The Morgan fingerprint density at radius 1 is 1.10 bits per heavy atom. The van der Waals surface area contributed by atoms with Crippen LogP contribution in [0.2, 0.25) is 0 Å². The van der Waals surface area contributed by atoms with E-state index in [0.29, 0.717) is 28.3 Å². The number of aromatic nitrogens is 3. The van der Waals surface area contributed by atoms with Crippen LogP contribution in [-0.2, 0) is 0 Å². The lowest BCUT2D eigenvalue weighted by Crippen LogP contribution is -2.22. The van der Waals surface area contributed by atoms with Gasteiger partial charge in [0.25, 0.3) is 5.91 Å². The second-order valence-electron chi connectivity index (χ2n) is 6.74. The number of imidazole rings is 1. The van der Waals surface area contributed by atoms with Crippen molar-refractivity contribution in [2.75, 3.05) is 7.11 Å². The van der Waals surface area contributed by atoms with E-state index in [9.17, 15) is 4.79 Å². The van der Waals surface area contributed by atoms with Crippen molar-refractivity contribution in [2.45, 2.75) is 0 Å². The molecule has 8 heteroatoms. The lowest BCUT2D eigenvalue weighted by molar-refractivity contribution is 0.0951. The number of H-pyrrole nitrogens is 1. The molecule has 0 atom stereocenters. The minimum atomic E-state index is -0.381. The Morgan fingerprint density at radius 2 is 1.94 bits per heavy atom. The highest BCUT2D eigenvalue weighted by atomic mass is 16.5. The average molecular weight is 411 g/mol. The van der Waals surface area contributed by atoms with Crippen molar-refractivity contribution in [1.82, 2.24) is 20.4 Å². The molecule has 1 amide bonds. The number of para-hydroxylation sites is 3. The SMILES string of the molecule is COc1cccc2cc(-c3nc4ccccc4[nH]3)/c(=N/NC(=O)c3ccncc3)oc12. The molecule has 0 aliphatic rings. The van der Waals surface area contributed by atoms with E-state index in [0.717, 1.165) is 16.4 Å². The third kappa shape index (κ3) is 3.51. The van der Waals surface area contributed by atoms with Crippen LogP contribution < -0.4 is 15.7 Å². The van der Waals surface area contributed by atoms with Crippen molar-refractivity contribution in [3.05, 3.63) is 84.2 Å². The van der Waals surface area contributed by atoms with Gasteiger partial charge in [-0.05, 0) is 36.4 Å². The standard InChI is InChI=1S/C23H17N5O3/c1-30-19-8-4-5-15-13-16(21-25-17-6-2-3-7-18(17)26-21)23(31-20(15)19)28-27-22(29)14-9-11-24-12-10-14/h2-13H,1H3,(H,25,26)(H,27,29)/b28-23-. The first-order valence-electron chi connectivity index (χ1n) is 9.53. The zero-order chi connectivity index (χ0) is 21.2. The molecule has 0 bridgehead atoms. The first-order chi connectivity index (χ1) is 15.2. The summed E-state index contributed by atoms with van der Waals surface area (Å²) in [5, 5.41) is 5.07. The minimum absolute atomic E-state index is 0.193. The molecule has 0 aliphatic carbocycles. The maximum Gasteiger partial charge on any atom is 0.271 e. The number of amides is 1. The second kappa shape index (κ2) is 7.75. The van der Waals surface area contributed by atoms with Gasteiger partial charge in [-0.3, -0.25) is 9.78 Å². The van der Waals surface area contributed by atoms with Crippen molar-refractivity contribution in [1.29, 1.82) is 0 Å². The number of nitrogens with one attached hydrogen (secondary N) is 2. The predicted molar refractivity (Wildman–Crippen MR) is 115 cm³/mol.